The lowest BCUT2D eigenvalue weighted by Crippen LogP contribution is -2.33. The second-order valence-corrected chi connectivity index (χ2v) is 7.13. The van der Waals surface area contributed by atoms with Crippen LogP contribution in [0.5, 0.6) is 0 Å². The zero-order chi connectivity index (χ0) is 11.6. The van der Waals surface area contributed by atoms with Gasteiger partial charge in [-0.05, 0) is 35.0 Å². The van der Waals surface area contributed by atoms with Gasteiger partial charge in [-0.25, -0.2) is 0 Å². The van der Waals surface area contributed by atoms with E-state index in [4.69, 9.17) is 8.85 Å². The summed E-state index contributed by atoms with van der Waals surface area (Å²) in [4.78, 5) is 0. The molecule has 0 saturated heterocycles. The highest BCUT2D eigenvalue weighted by molar-refractivity contribution is 6.71. The van der Waals surface area contributed by atoms with Crippen LogP contribution in [0.4, 0.5) is 0 Å². The van der Waals surface area contributed by atoms with Gasteiger partial charge in [0.15, 0.2) is 0 Å². The molecular formula is C13H16O2Si. The van der Waals surface area contributed by atoms with E-state index in [1.807, 2.05) is 6.55 Å². The van der Waals surface area contributed by atoms with E-state index < -0.39 is 8.56 Å². The first-order valence-corrected chi connectivity index (χ1v) is 7.68. The fourth-order valence-corrected chi connectivity index (χ4v) is 2.57. The second-order valence-electron chi connectivity index (χ2n) is 3.94. The third kappa shape index (κ3) is 2.02. The lowest BCUT2D eigenvalue weighted by Gasteiger charge is -2.20. The molecule has 2 rings (SSSR count). The number of fused-ring (bicyclic) bond motifs is 1. The first-order valence-electron chi connectivity index (χ1n) is 5.29. The maximum absolute atomic E-state index is 5.40. The molecule has 0 fully saturated rings. The highest BCUT2D eigenvalue weighted by Gasteiger charge is 2.25. The molecule has 0 spiro atoms. The van der Waals surface area contributed by atoms with Gasteiger partial charge in [0.25, 0.3) is 0 Å². The largest absolute Gasteiger partial charge is 0.395 e. The van der Waals surface area contributed by atoms with Crippen molar-refractivity contribution in [1.29, 1.82) is 0 Å². The molecule has 0 aromatic heterocycles. The van der Waals surface area contributed by atoms with E-state index in [-0.39, 0.29) is 0 Å². The molecule has 1 aliphatic rings. The van der Waals surface area contributed by atoms with Crippen LogP contribution in [0.3, 0.4) is 0 Å². The van der Waals surface area contributed by atoms with Crippen LogP contribution in [0.2, 0.25) is 6.55 Å². The SMILES string of the molecule is CO[Si](C)(C=CC1=Cc2ccccc21)OC. The molecule has 0 bridgehead atoms. The molecule has 2 nitrogen and oxygen atoms in total. The van der Waals surface area contributed by atoms with E-state index in [0.29, 0.717) is 0 Å². The summed E-state index contributed by atoms with van der Waals surface area (Å²) in [5.41, 5.74) is 5.93. The molecule has 16 heavy (non-hydrogen) atoms. The summed E-state index contributed by atoms with van der Waals surface area (Å²) in [6.07, 6.45) is 4.27. The third-order valence-corrected chi connectivity index (χ3v) is 5.35. The van der Waals surface area contributed by atoms with E-state index in [1.54, 1.807) is 14.2 Å². The molecule has 84 valence electrons. The average molecular weight is 232 g/mol. The van der Waals surface area contributed by atoms with Crippen LogP contribution in [0.25, 0.3) is 11.6 Å². The van der Waals surface area contributed by atoms with Gasteiger partial charge in [-0.3, -0.25) is 0 Å². The minimum Gasteiger partial charge on any atom is -0.395 e. The van der Waals surface area contributed by atoms with E-state index in [1.165, 1.54) is 16.7 Å². The van der Waals surface area contributed by atoms with Gasteiger partial charge in [0.2, 0.25) is 0 Å². The van der Waals surface area contributed by atoms with Crippen molar-refractivity contribution in [1.82, 2.24) is 0 Å². The first kappa shape index (κ1) is 11.3. The van der Waals surface area contributed by atoms with Crippen molar-refractivity contribution in [3.05, 3.63) is 47.2 Å². The van der Waals surface area contributed by atoms with Crippen molar-refractivity contribution in [3.63, 3.8) is 0 Å². The Bertz CT molecular complexity index is 445. The van der Waals surface area contributed by atoms with E-state index in [0.717, 1.165) is 0 Å². The second kappa shape index (κ2) is 4.37. The third-order valence-electron chi connectivity index (χ3n) is 2.96. The van der Waals surface area contributed by atoms with Gasteiger partial charge in [-0.15, -0.1) is 0 Å². The molecule has 1 aliphatic carbocycles. The fourth-order valence-electron chi connectivity index (χ4n) is 1.65. The van der Waals surface area contributed by atoms with Crippen LogP contribution in [0.15, 0.2) is 36.0 Å². The topological polar surface area (TPSA) is 18.5 Å². The fraction of sp³-hybridized carbons (Fsp3) is 0.231. The molecule has 0 amide bonds. The van der Waals surface area contributed by atoms with E-state index in [9.17, 15) is 0 Å². The van der Waals surface area contributed by atoms with Crippen molar-refractivity contribution < 1.29 is 8.85 Å². The van der Waals surface area contributed by atoms with Crippen LogP contribution in [0.1, 0.15) is 11.1 Å². The van der Waals surface area contributed by atoms with Crippen LogP contribution in [-0.4, -0.2) is 22.8 Å². The highest BCUT2D eigenvalue weighted by Crippen LogP contribution is 2.33. The van der Waals surface area contributed by atoms with Crippen LogP contribution >= 0.6 is 0 Å². The Morgan fingerprint density at radius 3 is 2.44 bits per heavy atom. The summed E-state index contributed by atoms with van der Waals surface area (Å²) in [5, 5.41) is 0. The number of hydrogen-bond donors (Lipinski definition) is 0. The molecule has 0 unspecified atom stereocenters. The van der Waals surface area contributed by atoms with Crippen LogP contribution in [-0.2, 0) is 8.85 Å². The summed E-state index contributed by atoms with van der Waals surface area (Å²) < 4.78 is 10.8. The van der Waals surface area contributed by atoms with Gasteiger partial charge in [-0.2, -0.15) is 0 Å². The van der Waals surface area contributed by atoms with Crippen molar-refractivity contribution in [3.8, 4) is 0 Å². The van der Waals surface area contributed by atoms with Gasteiger partial charge < -0.3 is 8.85 Å². The monoisotopic (exact) mass is 232 g/mol. The smallest absolute Gasteiger partial charge is 0.361 e. The summed E-state index contributed by atoms with van der Waals surface area (Å²) in [6.45, 7) is 2.02. The number of hydrogen-bond acceptors (Lipinski definition) is 2. The van der Waals surface area contributed by atoms with Crippen LogP contribution in [0, 0.1) is 0 Å². The van der Waals surface area contributed by atoms with Gasteiger partial charge in [0, 0.05) is 14.2 Å². The molecule has 0 saturated carbocycles. The molecule has 0 N–H and O–H groups in total. The molecule has 0 aliphatic heterocycles. The number of rotatable bonds is 4. The summed E-state index contributed by atoms with van der Waals surface area (Å²) >= 11 is 0. The average Bonchev–Trinajstić information content (AvgIpc) is 2.30. The molecule has 0 heterocycles. The maximum Gasteiger partial charge on any atom is 0.361 e. The molecule has 1 aromatic rings. The van der Waals surface area contributed by atoms with Gasteiger partial charge in [0.1, 0.15) is 0 Å². The molecule has 1 aromatic carbocycles. The Kier molecular flexibility index (Phi) is 3.09. The number of benzene rings is 1. The van der Waals surface area contributed by atoms with Crippen molar-refractivity contribution >= 4 is 20.2 Å². The Hall–Kier alpha value is -1.16. The van der Waals surface area contributed by atoms with Crippen molar-refractivity contribution in [2.75, 3.05) is 14.2 Å². The minimum atomic E-state index is -2.09. The van der Waals surface area contributed by atoms with Crippen LogP contribution < -0.4 is 0 Å². The highest BCUT2D eigenvalue weighted by atomic mass is 28.4. The summed E-state index contributed by atoms with van der Waals surface area (Å²) in [7, 11) is 1.31. The predicted molar refractivity (Wildman–Crippen MR) is 69.1 cm³/mol. The summed E-state index contributed by atoms with van der Waals surface area (Å²) in [5.74, 6) is 0. The first-order chi connectivity index (χ1) is 7.68. The van der Waals surface area contributed by atoms with E-state index in [2.05, 4.69) is 42.1 Å². The minimum absolute atomic E-state index is 1.25. The molecular weight excluding hydrogens is 216 g/mol. The lowest BCUT2D eigenvalue weighted by molar-refractivity contribution is 0.264. The lowest BCUT2D eigenvalue weighted by atomic mass is 9.89. The Morgan fingerprint density at radius 2 is 1.81 bits per heavy atom. The Labute approximate surface area is 97.5 Å². The summed E-state index contributed by atoms with van der Waals surface area (Å²) in [6, 6.07) is 8.37. The zero-order valence-corrected chi connectivity index (χ0v) is 10.9. The van der Waals surface area contributed by atoms with Gasteiger partial charge in [0.05, 0.1) is 0 Å². The Balaban J connectivity index is 2.12. The van der Waals surface area contributed by atoms with Crippen molar-refractivity contribution in [2.45, 2.75) is 6.55 Å². The maximum atomic E-state index is 5.40. The quantitative estimate of drug-likeness (QED) is 0.743. The Morgan fingerprint density at radius 1 is 1.12 bits per heavy atom. The van der Waals surface area contributed by atoms with Gasteiger partial charge >= 0.3 is 8.56 Å². The van der Waals surface area contributed by atoms with E-state index >= 15 is 0 Å². The number of allylic oxidation sites excluding steroid dienone is 2. The predicted octanol–water partition coefficient (Wildman–Crippen LogP) is 3.00. The molecule has 0 radical (unpaired) electrons. The van der Waals surface area contributed by atoms with Gasteiger partial charge in [-0.1, -0.05) is 30.3 Å². The normalized spacial score (nSPS) is 14.6. The molecule has 3 heteroatoms. The zero-order valence-electron chi connectivity index (χ0n) is 9.86. The van der Waals surface area contributed by atoms with Crippen molar-refractivity contribution in [2.24, 2.45) is 0 Å². The standard InChI is InChI=1S/C13H16O2Si/c1-14-16(3,15-2)9-8-12-10-11-6-4-5-7-13(11)12/h4-10H,1-3H3. The molecule has 0 atom stereocenters.